The quantitative estimate of drug-likeness (QED) is 0.303. The van der Waals surface area contributed by atoms with E-state index in [0.717, 1.165) is 0 Å². The van der Waals surface area contributed by atoms with Crippen LogP contribution in [-0.2, 0) is 51.6 Å². The third kappa shape index (κ3) is 9.27. The first-order valence-electron chi connectivity index (χ1n) is 1.17. The zero-order valence-corrected chi connectivity index (χ0v) is 9.31. The van der Waals surface area contributed by atoms with Gasteiger partial charge in [-0.1, -0.05) is 0 Å². The van der Waals surface area contributed by atoms with Crippen molar-refractivity contribution in [2.24, 2.45) is 0 Å². The fourth-order valence-electron chi connectivity index (χ4n) is 0. The van der Waals surface area contributed by atoms with E-state index in [4.69, 9.17) is 0 Å². The van der Waals surface area contributed by atoms with E-state index in [1.807, 2.05) is 0 Å². The molecule has 1 radical (unpaired) electrons. The maximum atomic E-state index is 9.20. The molecule has 0 heterocycles. The molecule has 0 aliphatic heterocycles. The van der Waals surface area contributed by atoms with E-state index >= 15 is 0 Å². The molecule has 0 bridgehead atoms. The monoisotopic (exact) mass is 304 g/mol. The molecular weight excluding hydrogens is 305 g/mol. The van der Waals surface area contributed by atoms with Crippen molar-refractivity contribution in [1.82, 2.24) is 0 Å². The minimum absolute atomic E-state index is 0. The first kappa shape index (κ1) is 22.8. The van der Waals surface area contributed by atoms with Gasteiger partial charge in [0.2, 0.25) is 0 Å². The standard InChI is InChI=1S/Al.Co.Ni.H2O6S2/c;;;1-7(2,3)8(4,5)6/h;;;(H,1,2,3)(H,4,5,6)/q+3;2*+2;/p-2. The second-order valence-corrected chi connectivity index (χ2v) is 4.90. The van der Waals surface area contributed by atoms with E-state index in [2.05, 4.69) is 0 Å². The summed E-state index contributed by atoms with van der Waals surface area (Å²) in [6, 6.07) is 0. The average Bonchev–Trinajstić information content (AvgIpc) is 1.25. The first-order chi connectivity index (χ1) is 3.25. The third-order valence-corrected chi connectivity index (χ3v) is 2.25. The first-order valence-corrected chi connectivity index (χ1v) is 4.50. The molecule has 65 valence electrons. The summed E-state index contributed by atoms with van der Waals surface area (Å²) in [6.45, 7) is 0. The van der Waals surface area contributed by atoms with Gasteiger partial charge in [0.05, 0.1) is 0 Å². The topological polar surface area (TPSA) is 114 Å². The van der Waals surface area contributed by atoms with Crippen LogP contribution in [-0.4, -0.2) is 43.3 Å². The smallest absolute Gasteiger partial charge is 0.736 e. The van der Waals surface area contributed by atoms with Gasteiger partial charge in [-0.25, -0.2) is 16.8 Å². The Labute approximate surface area is 94.3 Å². The molecule has 0 aromatic carbocycles. The van der Waals surface area contributed by atoms with Crippen LogP contribution in [0.5, 0.6) is 0 Å². The van der Waals surface area contributed by atoms with Crippen LogP contribution in [0.4, 0.5) is 0 Å². The van der Waals surface area contributed by atoms with Crippen molar-refractivity contribution >= 4 is 35.7 Å². The normalized spacial score (nSPS) is 10.0. The van der Waals surface area contributed by atoms with Crippen LogP contribution in [0.2, 0.25) is 0 Å². The van der Waals surface area contributed by atoms with E-state index in [9.17, 15) is 25.9 Å². The van der Waals surface area contributed by atoms with Crippen molar-refractivity contribution in [2.45, 2.75) is 0 Å². The van der Waals surface area contributed by atoms with E-state index in [0.29, 0.717) is 0 Å². The molecule has 0 aliphatic rings. The molecule has 0 atom stereocenters. The number of hydrogen-bond acceptors (Lipinski definition) is 6. The minimum Gasteiger partial charge on any atom is -0.736 e. The fraction of sp³-hybridized carbons (Fsp3) is 0. The van der Waals surface area contributed by atoms with Gasteiger partial charge >= 0.3 is 50.6 Å². The van der Waals surface area contributed by atoms with Crippen LogP contribution in [0.1, 0.15) is 0 Å². The Hall–Kier alpha value is 1.35. The van der Waals surface area contributed by atoms with Gasteiger partial charge < -0.3 is 9.11 Å². The van der Waals surface area contributed by atoms with Gasteiger partial charge in [-0.3, -0.25) is 0 Å². The molecule has 0 amide bonds. The van der Waals surface area contributed by atoms with Crippen molar-refractivity contribution in [1.29, 1.82) is 0 Å². The van der Waals surface area contributed by atoms with Crippen molar-refractivity contribution in [2.75, 3.05) is 0 Å². The molecule has 0 fully saturated rings. The molecule has 0 aromatic heterocycles. The fourth-order valence-corrected chi connectivity index (χ4v) is 0. The second kappa shape index (κ2) is 6.82. The van der Waals surface area contributed by atoms with Gasteiger partial charge in [-0.05, 0) is 0 Å². The van der Waals surface area contributed by atoms with Gasteiger partial charge in [0.25, 0.3) is 0 Å². The van der Waals surface area contributed by atoms with Crippen molar-refractivity contribution in [3.8, 4) is 0 Å². The summed E-state index contributed by atoms with van der Waals surface area (Å²) >= 11 is 0. The van der Waals surface area contributed by atoms with Crippen LogP contribution < -0.4 is 0 Å². The summed E-state index contributed by atoms with van der Waals surface area (Å²) in [5.41, 5.74) is 0. The van der Waals surface area contributed by atoms with Gasteiger partial charge in [0.15, 0.2) is 18.3 Å². The summed E-state index contributed by atoms with van der Waals surface area (Å²) in [7, 11) is -11.3. The van der Waals surface area contributed by atoms with E-state index < -0.39 is 18.3 Å². The molecule has 6 nitrogen and oxygen atoms in total. The molecule has 0 aliphatic carbocycles. The van der Waals surface area contributed by atoms with Crippen LogP contribution in [0.15, 0.2) is 0 Å². The van der Waals surface area contributed by atoms with Gasteiger partial charge in [-0.2, -0.15) is 0 Å². The Morgan fingerprint density at radius 3 is 0.909 bits per heavy atom. The van der Waals surface area contributed by atoms with E-state index in [1.165, 1.54) is 0 Å². The van der Waals surface area contributed by atoms with Crippen molar-refractivity contribution < 1.29 is 59.2 Å². The summed E-state index contributed by atoms with van der Waals surface area (Å²) < 4.78 is 55.2. The Morgan fingerprint density at radius 2 is 0.909 bits per heavy atom. The van der Waals surface area contributed by atoms with E-state index in [-0.39, 0.29) is 50.6 Å². The average molecular weight is 305 g/mol. The zero-order valence-electron chi connectivity index (χ0n) is 4.49. The van der Waals surface area contributed by atoms with E-state index in [1.54, 1.807) is 0 Å². The Kier molecular flexibility index (Phi) is 14.2. The molecular formula is AlCoNiO6S2+5. The van der Waals surface area contributed by atoms with Crippen LogP contribution in [0, 0.1) is 0 Å². The summed E-state index contributed by atoms with van der Waals surface area (Å²) in [5, 5.41) is 0. The SMILES string of the molecule is O=S(=O)([O-])S(=O)(=O)[O-].[Al+3].[Co+2].[Ni+2]. The Bertz CT molecular complexity index is 233. The minimum atomic E-state index is -5.67. The predicted octanol–water partition coefficient (Wildman–Crippen LogP) is -2.39. The number of hydrogen-bond donors (Lipinski definition) is 0. The summed E-state index contributed by atoms with van der Waals surface area (Å²) in [6.07, 6.45) is 0. The van der Waals surface area contributed by atoms with Crippen molar-refractivity contribution in [3.63, 3.8) is 0 Å². The van der Waals surface area contributed by atoms with Crippen LogP contribution in [0.25, 0.3) is 0 Å². The van der Waals surface area contributed by atoms with Crippen LogP contribution >= 0.6 is 0 Å². The van der Waals surface area contributed by atoms with Crippen LogP contribution in [0.3, 0.4) is 0 Å². The molecule has 0 saturated heterocycles. The largest absolute Gasteiger partial charge is 3.00 e. The molecule has 0 spiro atoms. The molecule has 0 aromatic rings. The predicted molar refractivity (Wildman–Crippen MR) is 25.1 cm³/mol. The van der Waals surface area contributed by atoms with Gasteiger partial charge in [0, 0.05) is 0 Å². The molecule has 0 rings (SSSR count). The zero-order chi connectivity index (χ0) is 7.00. The number of rotatable bonds is 1. The van der Waals surface area contributed by atoms with Crippen molar-refractivity contribution in [3.05, 3.63) is 0 Å². The Morgan fingerprint density at radius 1 is 0.818 bits per heavy atom. The van der Waals surface area contributed by atoms with Gasteiger partial charge in [0.1, 0.15) is 0 Å². The summed E-state index contributed by atoms with van der Waals surface area (Å²) in [4.78, 5) is 0. The molecule has 0 N–H and O–H groups in total. The maximum Gasteiger partial charge on any atom is 3.00 e. The second-order valence-electron chi connectivity index (χ2n) is 0.816. The molecule has 0 saturated carbocycles. The maximum absolute atomic E-state index is 9.20. The van der Waals surface area contributed by atoms with Gasteiger partial charge in [-0.15, -0.1) is 0 Å². The third-order valence-electron chi connectivity index (χ3n) is 0.250. The molecule has 0 unspecified atom stereocenters. The molecule has 11 heavy (non-hydrogen) atoms. The Balaban J connectivity index is -0.0000000817. The molecule has 11 heteroatoms. The summed E-state index contributed by atoms with van der Waals surface area (Å²) in [5.74, 6) is 0.